The Morgan fingerprint density at radius 2 is 2.06 bits per heavy atom. The number of hydrogen-bond acceptors (Lipinski definition) is 2. The number of ketones is 1. The molecular formula is C13H16FNO2. The van der Waals surface area contributed by atoms with Crippen molar-refractivity contribution in [2.24, 2.45) is 5.92 Å². The fraction of sp³-hybridized carbons (Fsp3) is 0.385. The molecule has 0 spiro atoms. The molecule has 0 aliphatic rings. The zero-order chi connectivity index (χ0) is 12.8. The SMILES string of the molecule is CC(C)C(=O)CNC(=O)Cc1cccc(F)c1. The molecule has 0 aliphatic carbocycles. The largest absolute Gasteiger partial charge is 0.349 e. The topological polar surface area (TPSA) is 46.2 Å². The summed E-state index contributed by atoms with van der Waals surface area (Å²) in [6.07, 6.45) is 0.0864. The first kappa shape index (κ1) is 13.4. The van der Waals surface area contributed by atoms with Crippen molar-refractivity contribution in [2.75, 3.05) is 6.54 Å². The van der Waals surface area contributed by atoms with Gasteiger partial charge in [0.2, 0.25) is 5.91 Å². The van der Waals surface area contributed by atoms with E-state index in [2.05, 4.69) is 5.32 Å². The fourth-order valence-corrected chi connectivity index (χ4v) is 1.28. The quantitative estimate of drug-likeness (QED) is 0.847. The number of carbonyl (C=O) groups excluding carboxylic acids is 2. The molecule has 0 bridgehead atoms. The molecule has 0 atom stereocenters. The number of carbonyl (C=O) groups is 2. The minimum absolute atomic E-state index is 0.0161. The number of hydrogen-bond donors (Lipinski definition) is 1. The maximum Gasteiger partial charge on any atom is 0.224 e. The zero-order valence-electron chi connectivity index (χ0n) is 10.00. The lowest BCUT2D eigenvalue weighted by molar-refractivity contribution is -0.126. The van der Waals surface area contributed by atoms with Gasteiger partial charge in [-0.1, -0.05) is 26.0 Å². The molecule has 0 saturated carbocycles. The van der Waals surface area contributed by atoms with Crippen LogP contribution in [0.2, 0.25) is 0 Å². The molecule has 1 rings (SSSR count). The standard InChI is InChI=1S/C13H16FNO2/c1-9(2)12(16)8-15-13(17)7-10-4-3-5-11(14)6-10/h3-6,9H,7-8H2,1-2H3,(H,15,17). The van der Waals surface area contributed by atoms with Gasteiger partial charge in [-0.15, -0.1) is 0 Å². The summed E-state index contributed by atoms with van der Waals surface area (Å²) in [6.45, 7) is 3.59. The highest BCUT2D eigenvalue weighted by Crippen LogP contribution is 2.04. The van der Waals surface area contributed by atoms with E-state index in [0.717, 1.165) is 0 Å². The molecule has 0 heterocycles. The van der Waals surface area contributed by atoms with E-state index in [0.29, 0.717) is 5.56 Å². The van der Waals surface area contributed by atoms with Gasteiger partial charge in [-0.2, -0.15) is 0 Å². The van der Waals surface area contributed by atoms with E-state index < -0.39 is 0 Å². The molecule has 1 N–H and O–H groups in total. The highest BCUT2D eigenvalue weighted by Gasteiger charge is 2.09. The Morgan fingerprint density at radius 3 is 2.65 bits per heavy atom. The number of rotatable bonds is 5. The van der Waals surface area contributed by atoms with Crippen LogP contribution in [0.15, 0.2) is 24.3 Å². The second-order valence-electron chi connectivity index (χ2n) is 4.20. The number of halogens is 1. The predicted octanol–water partition coefficient (Wildman–Crippen LogP) is 1.71. The van der Waals surface area contributed by atoms with E-state index in [1.54, 1.807) is 26.0 Å². The van der Waals surface area contributed by atoms with Crippen LogP contribution in [0.5, 0.6) is 0 Å². The van der Waals surface area contributed by atoms with Gasteiger partial charge in [0.05, 0.1) is 13.0 Å². The van der Waals surface area contributed by atoms with Crippen LogP contribution in [-0.4, -0.2) is 18.2 Å². The molecule has 0 fully saturated rings. The van der Waals surface area contributed by atoms with Crippen molar-refractivity contribution < 1.29 is 14.0 Å². The van der Waals surface area contributed by atoms with Crippen molar-refractivity contribution in [1.29, 1.82) is 0 Å². The molecule has 3 nitrogen and oxygen atoms in total. The lowest BCUT2D eigenvalue weighted by atomic mass is 10.1. The molecule has 1 aromatic rings. The molecular weight excluding hydrogens is 221 g/mol. The van der Waals surface area contributed by atoms with Crippen LogP contribution in [0.3, 0.4) is 0 Å². The maximum absolute atomic E-state index is 12.9. The summed E-state index contributed by atoms with van der Waals surface area (Å²) in [6, 6.07) is 5.86. The maximum atomic E-state index is 12.9. The Hall–Kier alpha value is -1.71. The first-order valence-corrected chi connectivity index (χ1v) is 5.53. The zero-order valence-corrected chi connectivity index (χ0v) is 10.00. The Kier molecular flexibility index (Phi) is 4.82. The third-order valence-corrected chi connectivity index (χ3v) is 2.36. The molecule has 0 aromatic heterocycles. The number of amides is 1. The normalized spacial score (nSPS) is 10.4. The number of nitrogens with one attached hydrogen (secondary N) is 1. The van der Waals surface area contributed by atoms with Crippen molar-refractivity contribution >= 4 is 11.7 Å². The average molecular weight is 237 g/mol. The summed E-state index contributed by atoms with van der Waals surface area (Å²) in [5.41, 5.74) is 0.597. The van der Waals surface area contributed by atoms with Crippen molar-refractivity contribution in [3.05, 3.63) is 35.6 Å². The van der Waals surface area contributed by atoms with E-state index in [4.69, 9.17) is 0 Å². The first-order valence-electron chi connectivity index (χ1n) is 5.53. The van der Waals surface area contributed by atoms with Crippen LogP contribution < -0.4 is 5.32 Å². The Labute approximate surface area is 100 Å². The predicted molar refractivity (Wildman–Crippen MR) is 63.0 cm³/mol. The van der Waals surface area contributed by atoms with Gasteiger partial charge in [0.1, 0.15) is 5.82 Å². The Morgan fingerprint density at radius 1 is 1.35 bits per heavy atom. The fourth-order valence-electron chi connectivity index (χ4n) is 1.28. The van der Waals surface area contributed by atoms with E-state index in [-0.39, 0.29) is 36.4 Å². The second kappa shape index (κ2) is 6.13. The highest BCUT2D eigenvalue weighted by molar-refractivity contribution is 5.87. The summed E-state index contributed by atoms with van der Waals surface area (Å²) in [5.74, 6) is -0.750. The molecule has 0 unspecified atom stereocenters. The van der Waals surface area contributed by atoms with Crippen molar-refractivity contribution in [2.45, 2.75) is 20.3 Å². The number of benzene rings is 1. The molecule has 1 amide bonds. The van der Waals surface area contributed by atoms with Crippen LogP contribution in [0.1, 0.15) is 19.4 Å². The van der Waals surface area contributed by atoms with Crippen molar-refractivity contribution in [3.8, 4) is 0 Å². The van der Waals surface area contributed by atoms with Crippen LogP contribution in [-0.2, 0) is 16.0 Å². The smallest absolute Gasteiger partial charge is 0.224 e. The van der Waals surface area contributed by atoms with Gasteiger partial charge in [0, 0.05) is 5.92 Å². The van der Waals surface area contributed by atoms with Gasteiger partial charge in [0.15, 0.2) is 5.78 Å². The van der Waals surface area contributed by atoms with Crippen LogP contribution >= 0.6 is 0 Å². The molecule has 1 aromatic carbocycles. The van der Waals surface area contributed by atoms with Crippen LogP contribution in [0, 0.1) is 11.7 Å². The summed E-state index contributed by atoms with van der Waals surface area (Å²) >= 11 is 0. The summed E-state index contributed by atoms with van der Waals surface area (Å²) in [7, 11) is 0. The Bertz CT molecular complexity index is 416. The lowest BCUT2D eigenvalue weighted by Crippen LogP contribution is -2.32. The highest BCUT2D eigenvalue weighted by atomic mass is 19.1. The van der Waals surface area contributed by atoms with Crippen molar-refractivity contribution in [3.63, 3.8) is 0 Å². The van der Waals surface area contributed by atoms with Gasteiger partial charge >= 0.3 is 0 Å². The van der Waals surface area contributed by atoms with E-state index >= 15 is 0 Å². The van der Waals surface area contributed by atoms with Gasteiger partial charge in [-0.25, -0.2) is 4.39 Å². The van der Waals surface area contributed by atoms with Gasteiger partial charge in [0.25, 0.3) is 0 Å². The third kappa shape index (κ3) is 4.76. The average Bonchev–Trinajstić information content (AvgIpc) is 2.25. The van der Waals surface area contributed by atoms with E-state index in [9.17, 15) is 14.0 Å². The second-order valence-corrected chi connectivity index (χ2v) is 4.20. The van der Waals surface area contributed by atoms with Crippen molar-refractivity contribution in [1.82, 2.24) is 5.32 Å². The first-order chi connectivity index (χ1) is 7.99. The molecule has 4 heteroatoms. The third-order valence-electron chi connectivity index (χ3n) is 2.36. The number of Topliss-reactive ketones (excluding diaryl/α,β-unsaturated/α-hetero) is 1. The molecule has 0 aliphatic heterocycles. The van der Waals surface area contributed by atoms with Gasteiger partial charge < -0.3 is 5.32 Å². The Balaban J connectivity index is 2.43. The molecule has 17 heavy (non-hydrogen) atoms. The van der Waals surface area contributed by atoms with Crippen LogP contribution in [0.4, 0.5) is 4.39 Å². The van der Waals surface area contributed by atoms with Gasteiger partial charge in [-0.05, 0) is 17.7 Å². The monoisotopic (exact) mass is 237 g/mol. The summed E-state index contributed by atoms with van der Waals surface area (Å²) in [4.78, 5) is 22.7. The minimum Gasteiger partial charge on any atom is -0.349 e. The molecule has 0 radical (unpaired) electrons. The summed E-state index contributed by atoms with van der Waals surface area (Å²) < 4.78 is 12.9. The summed E-state index contributed by atoms with van der Waals surface area (Å²) in [5, 5.41) is 2.52. The van der Waals surface area contributed by atoms with E-state index in [1.807, 2.05) is 0 Å². The molecule has 0 saturated heterocycles. The molecule has 92 valence electrons. The van der Waals surface area contributed by atoms with E-state index in [1.165, 1.54) is 12.1 Å². The minimum atomic E-state index is -0.367. The van der Waals surface area contributed by atoms with Crippen LogP contribution in [0.25, 0.3) is 0 Å². The lowest BCUT2D eigenvalue weighted by Gasteiger charge is -2.06. The van der Waals surface area contributed by atoms with Gasteiger partial charge in [-0.3, -0.25) is 9.59 Å².